The van der Waals surface area contributed by atoms with Crippen molar-refractivity contribution in [2.75, 3.05) is 5.43 Å². The van der Waals surface area contributed by atoms with Crippen molar-refractivity contribution >= 4 is 11.6 Å². The van der Waals surface area contributed by atoms with Crippen molar-refractivity contribution in [3.05, 3.63) is 65.0 Å². The number of anilines is 1. The predicted octanol–water partition coefficient (Wildman–Crippen LogP) is 4.58. The van der Waals surface area contributed by atoms with E-state index in [4.69, 9.17) is 0 Å². The van der Waals surface area contributed by atoms with Crippen LogP contribution in [0.1, 0.15) is 44.7 Å². The van der Waals surface area contributed by atoms with E-state index in [-0.39, 0.29) is 17.0 Å². The van der Waals surface area contributed by atoms with Crippen molar-refractivity contribution < 1.29 is 18.0 Å². The number of carbonyl (C=O) groups is 1. The molecule has 0 aromatic heterocycles. The standard InChI is InChI=1S/C20H21F3N2O/c1-19(2,3)12-4-6-13(7-5-12)20(10-11-20)18(26)25-24-15-9-8-14(21)16(22)17(15)23/h4-9,24H,10-11H2,1-3H3,(H,25,26). The summed E-state index contributed by atoms with van der Waals surface area (Å²) < 4.78 is 39.9. The second-order valence-electron chi connectivity index (χ2n) is 7.71. The van der Waals surface area contributed by atoms with E-state index in [9.17, 15) is 18.0 Å². The fourth-order valence-corrected chi connectivity index (χ4v) is 2.93. The van der Waals surface area contributed by atoms with Gasteiger partial charge in [0.15, 0.2) is 17.5 Å². The molecule has 138 valence electrons. The summed E-state index contributed by atoms with van der Waals surface area (Å²) in [5.41, 5.74) is 5.84. The summed E-state index contributed by atoms with van der Waals surface area (Å²) in [7, 11) is 0. The first kappa shape index (κ1) is 18.3. The Hall–Kier alpha value is -2.50. The molecular weight excluding hydrogens is 341 g/mol. The summed E-state index contributed by atoms with van der Waals surface area (Å²) in [6, 6.07) is 9.71. The molecule has 0 spiro atoms. The lowest BCUT2D eigenvalue weighted by molar-refractivity contribution is -0.123. The molecule has 6 heteroatoms. The molecule has 1 fully saturated rings. The molecule has 3 nitrogen and oxygen atoms in total. The first-order valence-corrected chi connectivity index (χ1v) is 8.46. The normalized spacial score (nSPS) is 15.5. The molecule has 0 aliphatic heterocycles. The van der Waals surface area contributed by atoms with E-state index in [1.54, 1.807) is 0 Å². The summed E-state index contributed by atoms with van der Waals surface area (Å²) >= 11 is 0. The Morgan fingerprint density at radius 2 is 1.58 bits per heavy atom. The van der Waals surface area contributed by atoms with Gasteiger partial charge in [0.05, 0.1) is 11.1 Å². The zero-order valence-corrected chi connectivity index (χ0v) is 14.9. The highest BCUT2D eigenvalue weighted by Gasteiger charge is 2.51. The van der Waals surface area contributed by atoms with Gasteiger partial charge in [-0.3, -0.25) is 15.6 Å². The van der Waals surface area contributed by atoms with Crippen molar-refractivity contribution in [3.63, 3.8) is 0 Å². The molecule has 2 aromatic rings. The molecule has 1 saturated carbocycles. The van der Waals surface area contributed by atoms with Crippen LogP contribution in [0.15, 0.2) is 36.4 Å². The van der Waals surface area contributed by atoms with Crippen molar-refractivity contribution in [2.24, 2.45) is 0 Å². The van der Waals surface area contributed by atoms with Gasteiger partial charge in [-0.2, -0.15) is 0 Å². The number of hydrogen-bond acceptors (Lipinski definition) is 2. The van der Waals surface area contributed by atoms with Crippen LogP contribution < -0.4 is 10.9 Å². The fraction of sp³-hybridized carbons (Fsp3) is 0.350. The maximum Gasteiger partial charge on any atom is 0.248 e. The van der Waals surface area contributed by atoms with Crippen LogP contribution in [0.3, 0.4) is 0 Å². The molecule has 1 aliphatic carbocycles. The number of nitrogens with one attached hydrogen (secondary N) is 2. The highest BCUT2D eigenvalue weighted by molar-refractivity contribution is 5.92. The van der Waals surface area contributed by atoms with E-state index in [1.165, 1.54) is 5.56 Å². The van der Waals surface area contributed by atoms with E-state index in [0.29, 0.717) is 12.8 Å². The fourth-order valence-electron chi connectivity index (χ4n) is 2.93. The Labute approximate surface area is 150 Å². The molecule has 1 aliphatic rings. The molecule has 2 aromatic carbocycles. The van der Waals surface area contributed by atoms with Crippen LogP contribution in [0, 0.1) is 17.5 Å². The van der Waals surface area contributed by atoms with Crippen LogP contribution in [0.2, 0.25) is 0 Å². The zero-order chi connectivity index (χ0) is 19.1. The van der Waals surface area contributed by atoms with Crippen molar-refractivity contribution in [3.8, 4) is 0 Å². The van der Waals surface area contributed by atoms with Crippen LogP contribution >= 0.6 is 0 Å². The topological polar surface area (TPSA) is 41.1 Å². The average Bonchev–Trinajstić information content (AvgIpc) is 3.40. The predicted molar refractivity (Wildman–Crippen MR) is 94.1 cm³/mol. The van der Waals surface area contributed by atoms with E-state index in [2.05, 4.69) is 31.6 Å². The monoisotopic (exact) mass is 362 g/mol. The molecule has 0 saturated heterocycles. The molecule has 2 N–H and O–H groups in total. The Kier molecular flexibility index (Phi) is 4.46. The van der Waals surface area contributed by atoms with Crippen molar-refractivity contribution in [1.82, 2.24) is 5.43 Å². The summed E-state index contributed by atoms with van der Waals surface area (Å²) in [6.45, 7) is 6.34. The molecule has 3 rings (SSSR count). The van der Waals surface area contributed by atoms with Crippen LogP contribution in [-0.4, -0.2) is 5.91 Å². The van der Waals surface area contributed by atoms with E-state index in [0.717, 1.165) is 17.7 Å². The van der Waals surface area contributed by atoms with E-state index in [1.807, 2.05) is 24.3 Å². The summed E-state index contributed by atoms with van der Waals surface area (Å²) in [4.78, 5) is 12.6. The van der Waals surface area contributed by atoms with Gasteiger partial charge in [-0.05, 0) is 41.5 Å². The number of hydrogen-bond donors (Lipinski definition) is 2. The summed E-state index contributed by atoms with van der Waals surface area (Å²) in [5.74, 6) is -4.56. The molecule has 0 bridgehead atoms. The number of benzene rings is 2. The lowest BCUT2D eigenvalue weighted by Gasteiger charge is -2.21. The van der Waals surface area contributed by atoms with Crippen LogP contribution in [0.4, 0.5) is 18.9 Å². The largest absolute Gasteiger partial charge is 0.295 e. The second-order valence-corrected chi connectivity index (χ2v) is 7.71. The highest BCUT2D eigenvalue weighted by atomic mass is 19.2. The number of amides is 1. The molecule has 0 atom stereocenters. The molecule has 0 heterocycles. The first-order chi connectivity index (χ1) is 12.1. The third-order valence-electron chi connectivity index (χ3n) is 4.83. The van der Waals surface area contributed by atoms with Crippen LogP contribution in [0.25, 0.3) is 0 Å². The minimum absolute atomic E-state index is 0.0171. The number of rotatable bonds is 4. The van der Waals surface area contributed by atoms with Crippen LogP contribution in [-0.2, 0) is 15.6 Å². The van der Waals surface area contributed by atoms with Gasteiger partial charge in [0.25, 0.3) is 0 Å². The van der Waals surface area contributed by atoms with Gasteiger partial charge in [-0.25, -0.2) is 13.2 Å². The van der Waals surface area contributed by atoms with Gasteiger partial charge in [0.1, 0.15) is 0 Å². The quantitative estimate of drug-likeness (QED) is 0.618. The van der Waals surface area contributed by atoms with E-state index >= 15 is 0 Å². The molecule has 0 radical (unpaired) electrons. The van der Waals surface area contributed by atoms with Gasteiger partial charge in [-0.1, -0.05) is 45.0 Å². The van der Waals surface area contributed by atoms with Gasteiger partial charge in [0.2, 0.25) is 5.91 Å². The van der Waals surface area contributed by atoms with Crippen molar-refractivity contribution in [2.45, 2.75) is 44.4 Å². The molecular formula is C20H21F3N2O. The second kappa shape index (κ2) is 6.34. The average molecular weight is 362 g/mol. The lowest BCUT2D eigenvalue weighted by Crippen LogP contribution is -2.38. The Morgan fingerprint density at radius 1 is 0.962 bits per heavy atom. The molecule has 26 heavy (non-hydrogen) atoms. The Bertz CT molecular complexity index is 837. The van der Waals surface area contributed by atoms with E-state index < -0.39 is 22.9 Å². The zero-order valence-electron chi connectivity index (χ0n) is 14.9. The lowest BCUT2D eigenvalue weighted by atomic mass is 9.85. The minimum atomic E-state index is -1.58. The maximum absolute atomic E-state index is 13.7. The number of halogens is 3. The maximum atomic E-state index is 13.7. The summed E-state index contributed by atoms with van der Waals surface area (Å²) in [5, 5.41) is 0. The summed E-state index contributed by atoms with van der Waals surface area (Å²) in [6.07, 6.45) is 1.35. The Morgan fingerprint density at radius 3 is 2.12 bits per heavy atom. The van der Waals surface area contributed by atoms with Gasteiger partial charge >= 0.3 is 0 Å². The van der Waals surface area contributed by atoms with Gasteiger partial charge < -0.3 is 0 Å². The van der Waals surface area contributed by atoms with Gasteiger partial charge in [-0.15, -0.1) is 0 Å². The SMILES string of the molecule is CC(C)(C)c1ccc(C2(C(=O)NNc3ccc(F)c(F)c3F)CC2)cc1. The molecule has 1 amide bonds. The first-order valence-electron chi connectivity index (χ1n) is 8.46. The van der Waals surface area contributed by atoms with Gasteiger partial charge in [0, 0.05) is 0 Å². The number of carbonyl (C=O) groups excluding carboxylic acids is 1. The third kappa shape index (κ3) is 3.28. The van der Waals surface area contributed by atoms with Crippen molar-refractivity contribution in [1.29, 1.82) is 0 Å². The highest BCUT2D eigenvalue weighted by Crippen LogP contribution is 2.48. The third-order valence-corrected chi connectivity index (χ3v) is 4.83. The Balaban J connectivity index is 1.73. The number of hydrazine groups is 1. The minimum Gasteiger partial charge on any atom is -0.295 e. The molecule has 0 unspecified atom stereocenters. The smallest absolute Gasteiger partial charge is 0.248 e. The van der Waals surface area contributed by atoms with Crippen LogP contribution in [0.5, 0.6) is 0 Å².